The Morgan fingerprint density at radius 3 is 2.50 bits per heavy atom. The fraction of sp³-hybridized carbons (Fsp3) is 0.231. The molecule has 1 aromatic heterocycles. The summed E-state index contributed by atoms with van der Waals surface area (Å²) in [5, 5.41) is 15.6. The number of likely N-dealkylation sites (tertiary alicyclic amines) is 1. The van der Waals surface area contributed by atoms with Gasteiger partial charge in [-0.15, -0.1) is 0 Å². The summed E-state index contributed by atoms with van der Waals surface area (Å²) in [5.41, 5.74) is 11.4. The molecule has 1 saturated heterocycles. The minimum absolute atomic E-state index is 0.0108. The number of nitrogens with two attached hydrogens (primary N) is 1. The van der Waals surface area contributed by atoms with Gasteiger partial charge in [0, 0.05) is 30.5 Å². The molecule has 2 heterocycles. The van der Waals surface area contributed by atoms with Gasteiger partial charge in [-0.3, -0.25) is 9.78 Å². The van der Waals surface area contributed by atoms with E-state index in [2.05, 4.69) is 21.7 Å². The molecule has 1 aliphatic rings. The average Bonchev–Trinajstić information content (AvgIpc) is 2.86. The molecule has 2 aromatic carbocycles. The molecule has 1 amide bonds. The van der Waals surface area contributed by atoms with Gasteiger partial charge in [-0.1, -0.05) is 18.2 Å². The molecule has 0 radical (unpaired) electrons. The Bertz CT molecular complexity index is 1240. The lowest BCUT2D eigenvalue weighted by Crippen LogP contribution is -2.38. The Kier molecular flexibility index (Phi) is 7.04. The normalized spacial score (nSPS) is 13.7. The van der Waals surface area contributed by atoms with Crippen LogP contribution in [0.3, 0.4) is 0 Å². The third kappa shape index (κ3) is 5.33. The van der Waals surface area contributed by atoms with E-state index in [1.54, 1.807) is 18.5 Å². The van der Waals surface area contributed by atoms with Crippen molar-refractivity contribution in [3.8, 4) is 6.07 Å². The number of hydrogen-bond donors (Lipinski definition) is 3. The van der Waals surface area contributed by atoms with E-state index >= 15 is 0 Å². The number of rotatable bonds is 4. The molecule has 4 rings (SSSR count). The van der Waals surface area contributed by atoms with Crippen molar-refractivity contribution in [2.75, 3.05) is 29.5 Å². The standard InChI is InChI=1S/C26H26N6OS/c1-17-2-5-21(14-23(17)30-26(34)31-24-16-29-11-8-22(24)28)25(33)32-12-9-20(10-13-32)19-6-3-18(15-27)4-7-19/h2-8,11,14,16,20H,9-10,12-13H2,1H3,(H2,28,29)(H2,30,31,34). The first kappa shape index (κ1) is 23.2. The van der Waals surface area contributed by atoms with Gasteiger partial charge in [-0.2, -0.15) is 5.26 Å². The van der Waals surface area contributed by atoms with E-state index in [9.17, 15) is 4.79 Å². The molecular formula is C26H26N6OS. The summed E-state index contributed by atoms with van der Waals surface area (Å²) in [6.07, 6.45) is 5.02. The number of thiocarbonyl (C=S) groups is 1. The number of pyridine rings is 1. The monoisotopic (exact) mass is 470 g/mol. The minimum Gasteiger partial charge on any atom is -0.397 e. The number of aromatic nitrogens is 1. The predicted molar refractivity (Wildman–Crippen MR) is 139 cm³/mol. The van der Waals surface area contributed by atoms with Crippen molar-refractivity contribution in [3.05, 3.63) is 83.2 Å². The van der Waals surface area contributed by atoms with E-state index in [1.807, 2.05) is 54.3 Å². The van der Waals surface area contributed by atoms with Crippen LogP contribution >= 0.6 is 12.2 Å². The molecule has 1 aliphatic heterocycles. The van der Waals surface area contributed by atoms with Crippen LogP contribution in [-0.2, 0) is 0 Å². The summed E-state index contributed by atoms with van der Waals surface area (Å²) >= 11 is 5.43. The van der Waals surface area contributed by atoms with E-state index in [4.69, 9.17) is 23.2 Å². The third-order valence-electron chi connectivity index (χ3n) is 6.13. The molecule has 1 fully saturated rings. The summed E-state index contributed by atoms with van der Waals surface area (Å²) in [5.74, 6) is 0.409. The van der Waals surface area contributed by atoms with Crippen LogP contribution in [0.1, 0.15) is 45.8 Å². The largest absolute Gasteiger partial charge is 0.397 e. The first-order valence-electron chi connectivity index (χ1n) is 11.1. The van der Waals surface area contributed by atoms with Gasteiger partial charge in [-0.25, -0.2) is 0 Å². The van der Waals surface area contributed by atoms with E-state index in [0.717, 1.165) is 24.1 Å². The number of aryl methyl sites for hydroxylation is 1. The number of amides is 1. The van der Waals surface area contributed by atoms with Crippen molar-refractivity contribution >= 4 is 40.3 Å². The molecule has 8 heteroatoms. The van der Waals surface area contributed by atoms with Gasteiger partial charge < -0.3 is 21.3 Å². The van der Waals surface area contributed by atoms with Gasteiger partial charge in [-0.05, 0) is 79.4 Å². The lowest BCUT2D eigenvalue weighted by molar-refractivity contribution is 0.0713. The highest BCUT2D eigenvalue weighted by atomic mass is 32.1. The summed E-state index contributed by atoms with van der Waals surface area (Å²) in [6.45, 7) is 3.35. The Labute approximate surface area is 204 Å². The lowest BCUT2D eigenvalue weighted by atomic mass is 9.89. The lowest BCUT2D eigenvalue weighted by Gasteiger charge is -2.32. The molecule has 0 bridgehead atoms. The van der Waals surface area contributed by atoms with Gasteiger partial charge in [0.1, 0.15) is 0 Å². The number of nitrogens with one attached hydrogen (secondary N) is 2. The molecular weight excluding hydrogens is 444 g/mol. The summed E-state index contributed by atoms with van der Waals surface area (Å²) in [6, 6.07) is 17.2. The highest BCUT2D eigenvalue weighted by Gasteiger charge is 2.25. The van der Waals surface area contributed by atoms with Gasteiger partial charge in [0.15, 0.2) is 5.11 Å². The number of nitrogen functional groups attached to an aromatic ring is 1. The SMILES string of the molecule is Cc1ccc(C(=O)N2CCC(c3ccc(C#N)cc3)CC2)cc1NC(=S)Nc1cnccc1N. The van der Waals surface area contributed by atoms with E-state index in [1.165, 1.54) is 5.56 Å². The zero-order valence-corrected chi connectivity index (χ0v) is 19.7. The average molecular weight is 471 g/mol. The first-order valence-corrected chi connectivity index (χ1v) is 11.5. The molecule has 0 atom stereocenters. The number of benzene rings is 2. The van der Waals surface area contributed by atoms with Crippen molar-refractivity contribution in [3.63, 3.8) is 0 Å². The molecule has 0 spiro atoms. The van der Waals surface area contributed by atoms with Crippen LogP contribution in [0.2, 0.25) is 0 Å². The maximum atomic E-state index is 13.2. The topological polar surface area (TPSA) is 107 Å². The zero-order chi connectivity index (χ0) is 24.1. The van der Waals surface area contributed by atoms with Crippen LogP contribution < -0.4 is 16.4 Å². The first-order chi connectivity index (χ1) is 16.4. The van der Waals surface area contributed by atoms with Crippen LogP contribution in [0.4, 0.5) is 17.1 Å². The van der Waals surface area contributed by atoms with Crippen LogP contribution in [-0.4, -0.2) is 34.0 Å². The number of nitriles is 1. The predicted octanol–water partition coefficient (Wildman–Crippen LogP) is 4.67. The van der Waals surface area contributed by atoms with Crippen LogP contribution in [0.5, 0.6) is 0 Å². The van der Waals surface area contributed by atoms with E-state index in [0.29, 0.717) is 46.6 Å². The second-order valence-electron chi connectivity index (χ2n) is 8.37. The Morgan fingerprint density at radius 2 is 1.82 bits per heavy atom. The third-order valence-corrected chi connectivity index (χ3v) is 6.33. The number of carbonyl (C=O) groups excluding carboxylic acids is 1. The fourth-order valence-electron chi connectivity index (χ4n) is 4.10. The number of anilines is 3. The molecule has 3 aromatic rings. The van der Waals surface area contributed by atoms with Gasteiger partial charge in [0.2, 0.25) is 0 Å². The molecule has 34 heavy (non-hydrogen) atoms. The second kappa shape index (κ2) is 10.3. The van der Waals surface area contributed by atoms with E-state index < -0.39 is 0 Å². The maximum absolute atomic E-state index is 13.2. The summed E-state index contributed by atoms with van der Waals surface area (Å²) in [7, 11) is 0. The smallest absolute Gasteiger partial charge is 0.253 e. The molecule has 172 valence electrons. The zero-order valence-electron chi connectivity index (χ0n) is 18.9. The molecule has 0 unspecified atom stereocenters. The van der Waals surface area contributed by atoms with Gasteiger partial charge in [0.25, 0.3) is 5.91 Å². The Hall–Kier alpha value is -3.96. The number of carbonyl (C=O) groups is 1. The quantitative estimate of drug-likeness (QED) is 0.476. The Balaban J connectivity index is 1.39. The van der Waals surface area contributed by atoms with E-state index in [-0.39, 0.29) is 5.91 Å². The van der Waals surface area contributed by atoms with Crippen molar-refractivity contribution < 1.29 is 4.79 Å². The van der Waals surface area contributed by atoms with Crippen molar-refractivity contribution in [2.45, 2.75) is 25.7 Å². The maximum Gasteiger partial charge on any atom is 0.253 e. The number of piperidine rings is 1. The second-order valence-corrected chi connectivity index (χ2v) is 8.78. The van der Waals surface area contributed by atoms with Crippen molar-refractivity contribution in [1.82, 2.24) is 9.88 Å². The summed E-state index contributed by atoms with van der Waals surface area (Å²) in [4.78, 5) is 19.2. The highest BCUT2D eigenvalue weighted by molar-refractivity contribution is 7.80. The fourth-order valence-corrected chi connectivity index (χ4v) is 4.32. The van der Waals surface area contributed by atoms with Crippen molar-refractivity contribution in [1.29, 1.82) is 5.26 Å². The van der Waals surface area contributed by atoms with Crippen LogP contribution in [0, 0.1) is 18.3 Å². The number of nitrogens with zero attached hydrogens (tertiary/aromatic N) is 3. The molecule has 4 N–H and O–H groups in total. The van der Waals surface area contributed by atoms with Crippen LogP contribution in [0.25, 0.3) is 0 Å². The minimum atomic E-state index is 0.0108. The van der Waals surface area contributed by atoms with Gasteiger partial charge >= 0.3 is 0 Å². The molecule has 0 saturated carbocycles. The Morgan fingerprint density at radius 1 is 1.12 bits per heavy atom. The van der Waals surface area contributed by atoms with Gasteiger partial charge in [0.05, 0.1) is 29.2 Å². The van der Waals surface area contributed by atoms with Crippen LogP contribution in [0.15, 0.2) is 60.9 Å². The summed E-state index contributed by atoms with van der Waals surface area (Å²) < 4.78 is 0. The van der Waals surface area contributed by atoms with Crippen molar-refractivity contribution in [2.24, 2.45) is 0 Å². The molecule has 7 nitrogen and oxygen atoms in total. The number of hydrogen-bond acceptors (Lipinski definition) is 5. The highest BCUT2D eigenvalue weighted by Crippen LogP contribution is 2.29. The molecule has 0 aliphatic carbocycles.